The first kappa shape index (κ1) is 54.8. The lowest BCUT2D eigenvalue weighted by atomic mass is 9.57. The molecular formula is C41H72O22. The van der Waals surface area contributed by atoms with E-state index in [0.29, 0.717) is 0 Å². The van der Waals surface area contributed by atoms with Gasteiger partial charge in [-0.1, -0.05) is 0 Å². The van der Waals surface area contributed by atoms with Gasteiger partial charge in [0, 0.05) is 27.1 Å². The molecule has 0 aromatic rings. The second kappa shape index (κ2) is 16.1. The molecule has 3 saturated heterocycles. The van der Waals surface area contributed by atoms with Crippen LogP contribution in [0.2, 0.25) is 0 Å². The van der Waals surface area contributed by atoms with Gasteiger partial charge < -0.3 is 93.3 Å². The Morgan fingerprint density at radius 3 is 1.10 bits per heavy atom. The number of carboxylic acids is 1. The van der Waals surface area contributed by atoms with Crippen LogP contribution in [-0.4, -0.2) is 189 Å². The van der Waals surface area contributed by atoms with Crippen molar-refractivity contribution in [3.63, 3.8) is 0 Å². The molecule has 63 heavy (non-hydrogen) atoms. The van der Waals surface area contributed by atoms with Gasteiger partial charge in [-0.05, 0) is 104 Å². The second-order valence-corrected chi connectivity index (χ2v) is 19.6. The quantitative estimate of drug-likeness (QED) is 0.0998. The van der Waals surface area contributed by atoms with E-state index in [1.54, 1.807) is 0 Å². The molecule has 3 fully saturated rings. The maximum absolute atomic E-state index is 13.2. The van der Waals surface area contributed by atoms with Crippen LogP contribution in [0.1, 0.15) is 117 Å². The summed E-state index contributed by atoms with van der Waals surface area (Å²) in [5.74, 6) is -8.53. The number of aliphatic hydroxyl groups is 6. The molecule has 0 spiro atoms. The lowest BCUT2D eigenvalue weighted by molar-refractivity contribution is -0.539. The molecule has 0 aromatic heterocycles. The number of hydrogen-bond donors (Lipinski definition) is 9. The molecule has 368 valence electrons. The van der Waals surface area contributed by atoms with E-state index in [0.717, 1.165) is 20.8 Å². The van der Waals surface area contributed by atoms with Gasteiger partial charge in [-0.15, -0.1) is 0 Å². The Bertz CT molecular complexity index is 1750. The number of carboxylic acid groups (broad SMARTS) is 3. The monoisotopic (exact) mass is 916 g/mol. The number of carbonyl (C=O) groups is 3. The minimum atomic E-state index is -2.78. The molecule has 0 aliphatic carbocycles. The zero-order valence-electron chi connectivity index (χ0n) is 39.6. The average molecular weight is 917 g/mol. The summed E-state index contributed by atoms with van der Waals surface area (Å²) in [6.45, 7) is 16.1. The smallest absolute Gasteiger partial charge is 0.480 e. The third-order valence-corrected chi connectivity index (χ3v) is 16.4. The van der Waals surface area contributed by atoms with Gasteiger partial charge in [0.25, 0.3) is 0 Å². The summed E-state index contributed by atoms with van der Waals surface area (Å²) in [5, 5.41) is 104. The predicted molar refractivity (Wildman–Crippen MR) is 214 cm³/mol. The number of ether oxygens (including phenoxy) is 10. The van der Waals surface area contributed by atoms with Crippen LogP contribution in [0.3, 0.4) is 0 Å². The van der Waals surface area contributed by atoms with E-state index in [9.17, 15) is 60.3 Å². The molecule has 3 aliphatic heterocycles. The summed E-state index contributed by atoms with van der Waals surface area (Å²) in [7, 11) is 2.43. The Kier molecular flexibility index (Phi) is 14.0. The van der Waals surface area contributed by atoms with E-state index < -0.39 is 136 Å². The number of hydrogen-bond acceptors (Lipinski definition) is 19. The molecule has 15 atom stereocenters. The maximum Gasteiger partial charge on any atom is 0.505 e. The summed E-state index contributed by atoms with van der Waals surface area (Å²) < 4.78 is 60.1. The minimum absolute atomic E-state index is 0.298. The highest BCUT2D eigenvalue weighted by Gasteiger charge is 2.84. The van der Waals surface area contributed by atoms with Crippen LogP contribution >= 0.6 is 0 Å². The lowest BCUT2D eigenvalue weighted by Crippen LogP contribution is -2.91. The van der Waals surface area contributed by atoms with E-state index in [4.69, 9.17) is 47.4 Å². The second-order valence-electron chi connectivity index (χ2n) is 19.6. The fourth-order valence-corrected chi connectivity index (χ4v) is 9.98. The SMILES string of the molecule is COC1(C)OC(C)(COCC(=O)O)C(C)(OC2(C)OC(C)(CCOC(=O)O)C(C)(OC3(C)OC(C)(CCOC(=O)O)C(C)(OC)C(C)(O)C3(C)O)C(C)(O)C2(C)O)C(C)(O)C1(C)O. The molecule has 22 nitrogen and oxygen atoms in total. The van der Waals surface area contributed by atoms with Crippen molar-refractivity contribution in [2.24, 2.45) is 0 Å². The van der Waals surface area contributed by atoms with Crippen LogP contribution in [0.4, 0.5) is 9.59 Å². The summed E-state index contributed by atoms with van der Waals surface area (Å²) >= 11 is 0. The van der Waals surface area contributed by atoms with Gasteiger partial charge in [0.1, 0.15) is 73.8 Å². The molecule has 0 aromatic carbocycles. The summed E-state index contributed by atoms with van der Waals surface area (Å²) in [6, 6.07) is 0. The van der Waals surface area contributed by atoms with Gasteiger partial charge in [0.15, 0.2) is 17.4 Å². The summed E-state index contributed by atoms with van der Waals surface area (Å²) in [5.41, 5.74) is -28.0. The first-order valence-corrected chi connectivity index (χ1v) is 20.4. The van der Waals surface area contributed by atoms with Gasteiger partial charge in [-0.3, -0.25) is 0 Å². The van der Waals surface area contributed by atoms with Crippen LogP contribution in [0, 0.1) is 0 Å². The van der Waals surface area contributed by atoms with E-state index in [1.165, 1.54) is 97.3 Å². The average Bonchev–Trinajstić information content (AvgIpc) is 3.11. The van der Waals surface area contributed by atoms with Crippen molar-refractivity contribution in [1.82, 2.24) is 0 Å². The first-order valence-electron chi connectivity index (χ1n) is 20.4. The van der Waals surface area contributed by atoms with Gasteiger partial charge in [-0.2, -0.15) is 0 Å². The highest BCUT2D eigenvalue weighted by Crippen LogP contribution is 2.65. The zero-order chi connectivity index (χ0) is 49.5. The van der Waals surface area contributed by atoms with Crippen molar-refractivity contribution < 1.29 is 108 Å². The van der Waals surface area contributed by atoms with Crippen LogP contribution in [0.5, 0.6) is 0 Å². The number of methoxy groups -OCH3 is 2. The normalized spacial score (nSPS) is 51.3. The minimum Gasteiger partial charge on any atom is -0.480 e. The Morgan fingerprint density at radius 1 is 0.444 bits per heavy atom. The predicted octanol–water partition coefficient (Wildman–Crippen LogP) is 1.88. The molecule has 0 radical (unpaired) electrons. The van der Waals surface area contributed by atoms with Gasteiger partial charge in [0.05, 0.1) is 19.8 Å². The molecule has 22 heteroatoms. The van der Waals surface area contributed by atoms with Crippen molar-refractivity contribution >= 4 is 18.3 Å². The molecule has 0 bridgehead atoms. The molecular weight excluding hydrogens is 844 g/mol. The number of aliphatic carboxylic acids is 1. The first-order chi connectivity index (χ1) is 27.9. The number of rotatable bonds is 16. The lowest BCUT2D eigenvalue weighted by Gasteiger charge is -2.73. The molecule has 0 amide bonds. The molecule has 9 N–H and O–H groups in total. The van der Waals surface area contributed by atoms with E-state index in [2.05, 4.69) is 0 Å². The standard InChI is InChI=1S/C41H72O22/c1-27(18-20-57-25(44)45)36(10,54-16)30(4,48)34(8,52)40(14,59-27)62-37(11)28(2,19-21-58-26(46)47)60-41(15,35(9,53)32(37,6)50)63-38(12)29(3,23-56-22-24(42)43)61-39(13,55-17)33(7,51)31(38,5)49/h48-53H,18-23H2,1-17H3,(H,42,43)(H,44,45)(H,46,47). The van der Waals surface area contributed by atoms with E-state index in [1.807, 2.05) is 0 Å². The fourth-order valence-electron chi connectivity index (χ4n) is 9.98. The van der Waals surface area contributed by atoms with E-state index >= 15 is 0 Å². The van der Waals surface area contributed by atoms with Crippen LogP contribution in [0.15, 0.2) is 0 Å². The van der Waals surface area contributed by atoms with Crippen LogP contribution in [-0.2, 0) is 52.2 Å². The molecule has 3 rings (SSSR count). The van der Waals surface area contributed by atoms with Crippen LogP contribution < -0.4 is 0 Å². The largest absolute Gasteiger partial charge is 0.505 e. The van der Waals surface area contributed by atoms with Crippen molar-refractivity contribution in [2.45, 2.75) is 201 Å². The van der Waals surface area contributed by atoms with Crippen molar-refractivity contribution in [3.8, 4) is 0 Å². The Balaban J connectivity index is 2.40. The van der Waals surface area contributed by atoms with Crippen molar-refractivity contribution in [1.29, 1.82) is 0 Å². The molecule has 3 aliphatic rings. The topological polar surface area (TPSA) is 326 Å². The molecule has 15 unspecified atom stereocenters. The Morgan fingerprint density at radius 2 is 0.762 bits per heavy atom. The third-order valence-electron chi connectivity index (χ3n) is 16.4. The van der Waals surface area contributed by atoms with E-state index in [-0.39, 0.29) is 6.42 Å². The zero-order valence-corrected chi connectivity index (χ0v) is 39.6. The fraction of sp³-hybridized carbons (Fsp3) is 0.927. The van der Waals surface area contributed by atoms with Gasteiger partial charge >= 0.3 is 18.3 Å². The Hall–Kier alpha value is -2.55. The van der Waals surface area contributed by atoms with Crippen molar-refractivity contribution in [2.75, 3.05) is 40.6 Å². The molecule has 0 saturated carbocycles. The highest BCUT2D eigenvalue weighted by molar-refractivity contribution is 5.68. The van der Waals surface area contributed by atoms with Crippen molar-refractivity contribution in [3.05, 3.63) is 0 Å². The third kappa shape index (κ3) is 7.44. The maximum atomic E-state index is 13.2. The van der Waals surface area contributed by atoms with Gasteiger partial charge in [-0.25, -0.2) is 14.4 Å². The highest BCUT2D eigenvalue weighted by atomic mass is 16.8. The molecule has 3 heterocycles. The van der Waals surface area contributed by atoms with Gasteiger partial charge in [0.2, 0.25) is 0 Å². The summed E-state index contributed by atoms with van der Waals surface area (Å²) in [6.07, 6.45) is -4.12. The Labute approximate surface area is 367 Å². The van der Waals surface area contributed by atoms with Crippen LogP contribution in [0.25, 0.3) is 0 Å². The summed E-state index contributed by atoms with van der Waals surface area (Å²) in [4.78, 5) is 34.7.